The Labute approximate surface area is 451 Å². The summed E-state index contributed by atoms with van der Waals surface area (Å²) < 4.78 is 138. The molecule has 8 rings (SSSR count). The molecule has 8 aromatic carbocycles. The van der Waals surface area contributed by atoms with Gasteiger partial charge in [-0.2, -0.15) is 12.1 Å². The number of sulfone groups is 2. The SMILES string of the molecule is COc1ccc(-c2ccc(Oc3ccc(S(=O)(=O)c4c[c-]c(Oc5ccc(-c6ccc(Oc7ccc(S(=O)(=O)c8ccc(C)cc8)cc7)cc6)cc5)cc4)cc3S(=O)(=O)[O-])cc2)cc1.O=S(=O)=O.[Na+].[Na+]. The first-order valence-electron chi connectivity index (χ1n) is 19.9. The van der Waals surface area contributed by atoms with Crippen molar-refractivity contribution in [2.24, 2.45) is 0 Å². The molecule has 0 saturated heterocycles. The average Bonchev–Trinajstić information content (AvgIpc) is 3.32. The van der Waals surface area contributed by atoms with E-state index in [0.717, 1.165) is 39.9 Å². The quantitative estimate of drug-likeness (QED) is 0.0853. The zero-order chi connectivity index (χ0) is 48.6. The maximum Gasteiger partial charge on any atom is 1.00 e. The molecule has 0 amide bonds. The molecule has 0 saturated carbocycles. The van der Waals surface area contributed by atoms with Crippen molar-refractivity contribution in [3.63, 3.8) is 0 Å². The van der Waals surface area contributed by atoms with E-state index in [4.69, 9.17) is 31.6 Å². The maximum atomic E-state index is 13.6. The van der Waals surface area contributed by atoms with Crippen LogP contribution in [0.3, 0.4) is 0 Å². The van der Waals surface area contributed by atoms with E-state index in [1.54, 1.807) is 92.0 Å². The smallest absolute Gasteiger partial charge is 0.744 e. The van der Waals surface area contributed by atoms with Crippen LogP contribution < -0.4 is 78.1 Å². The third kappa shape index (κ3) is 14.0. The normalized spacial score (nSPS) is 11.1. The summed E-state index contributed by atoms with van der Waals surface area (Å²) in [6.07, 6.45) is 0. The average molecular weight is 1040 g/mol. The molecular weight excluding hydrogens is 999 g/mol. The van der Waals surface area contributed by atoms with Gasteiger partial charge in [-0.1, -0.05) is 66.2 Å². The number of methoxy groups -OCH3 is 1. The van der Waals surface area contributed by atoms with Gasteiger partial charge in [0.15, 0.2) is 9.84 Å². The zero-order valence-electron chi connectivity index (χ0n) is 37.7. The summed E-state index contributed by atoms with van der Waals surface area (Å²) >= 11 is 0. The second-order valence-corrected chi connectivity index (χ2v) is 20.2. The number of ether oxygens (including phenoxy) is 4. The first kappa shape index (κ1) is 55.3. The predicted octanol–water partition coefficient (Wildman–Crippen LogP) is 4.09. The first-order valence-corrected chi connectivity index (χ1v) is 25.3. The fraction of sp³-hybridized carbons (Fsp3) is 0.0400. The van der Waals surface area contributed by atoms with E-state index in [0.29, 0.717) is 23.0 Å². The first-order chi connectivity index (χ1) is 32.4. The fourth-order valence-electron chi connectivity index (χ4n) is 6.56. The van der Waals surface area contributed by atoms with E-state index in [9.17, 15) is 29.8 Å². The Morgan fingerprint density at radius 3 is 1.21 bits per heavy atom. The Morgan fingerprint density at radius 2 is 0.800 bits per heavy atom. The van der Waals surface area contributed by atoms with Crippen LogP contribution in [0.25, 0.3) is 22.3 Å². The van der Waals surface area contributed by atoms with Crippen LogP contribution in [0, 0.1) is 13.0 Å². The standard InChI is InChI=1S/C50H37O11S3.2Na.O3S/c1-34-3-25-45(26-4-34)62(51,52)46-27-21-42(22-28-46)59-40-15-7-36(8-16-40)37-9-17-41(18-10-37)60-43-23-29-47(30-24-43)63(53,54)48-31-32-49(50(33-48)64(55,56)57)61-44-19-11-38(12-20-44)35-5-13-39(58-2)14-6-35;;;1-4(2)3/h3-23,25-33H,1-2H3,(H,55,56,57);;;/q-1;2*+1;/p-1. The minimum Gasteiger partial charge on any atom is -0.744 e. The Balaban J connectivity index is 0.00000147. The summed E-state index contributed by atoms with van der Waals surface area (Å²) in [6.45, 7) is 1.89. The van der Waals surface area contributed by atoms with Crippen LogP contribution in [-0.2, 0) is 40.4 Å². The van der Waals surface area contributed by atoms with Crippen molar-refractivity contribution in [1.29, 1.82) is 0 Å². The van der Waals surface area contributed by atoms with Crippen LogP contribution >= 0.6 is 0 Å². The topological polar surface area (TPSA) is 214 Å². The molecule has 346 valence electrons. The number of benzene rings is 8. The van der Waals surface area contributed by atoms with Crippen LogP contribution in [0.4, 0.5) is 0 Å². The third-order valence-corrected chi connectivity index (χ3v) is 14.4. The molecule has 70 heavy (non-hydrogen) atoms. The van der Waals surface area contributed by atoms with Gasteiger partial charge in [0.05, 0.1) is 26.7 Å². The molecule has 0 bridgehead atoms. The Morgan fingerprint density at radius 1 is 0.443 bits per heavy atom. The van der Waals surface area contributed by atoms with Crippen molar-refractivity contribution in [2.75, 3.05) is 7.11 Å². The van der Waals surface area contributed by atoms with Crippen LogP contribution in [0.5, 0.6) is 40.2 Å². The van der Waals surface area contributed by atoms with Gasteiger partial charge in [-0.25, -0.2) is 25.3 Å². The molecule has 0 aliphatic heterocycles. The second-order valence-electron chi connectivity index (χ2n) is 14.6. The van der Waals surface area contributed by atoms with Crippen LogP contribution in [-0.4, -0.2) is 49.5 Å². The van der Waals surface area contributed by atoms with Gasteiger partial charge in [0, 0.05) is 5.75 Å². The van der Waals surface area contributed by atoms with Gasteiger partial charge in [0.25, 0.3) is 0 Å². The van der Waals surface area contributed by atoms with Crippen molar-refractivity contribution in [2.45, 2.75) is 31.4 Å². The van der Waals surface area contributed by atoms with E-state index in [1.807, 2.05) is 55.5 Å². The van der Waals surface area contributed by atoms with Crippen molar-refractivity contribution < 1.29 is 120 Å². The monoisotopic (exact) mass is 1030 g/mol. The largest absolute Gasteiger partial charge is 1.00 e. The Hall–Kier alpha value is -5.61. The molecule has 0 spiro atoms. The van der Waals surface area contributed by atoms with Gasteiger partial charge in [-0.3, -0.25) is 0 Å². The molecule has 0 heterocycles. The number of hydrogen-bond donors (Lipinski definition) is 0. The molecule has 14 nitrogen and oxygen atoms in total. The number of aryl methyl sites for hydroxylation is 1. The summed E-state index contributed by atoms with van der Waals surface area (Å²) in [5.74, 6) is 2.33. The minimum atomic E-state index is -5.17. The fourth-order valence-corrected chi connectivity index (χ4v) is 9.77. The molecule has 20 heteroatoms. The van der Waals surface area contributed by atoms with Crippen LogP contribution in [0.15, 0.2) is 206 Å². The van der Waals surface area contributed by atoms with E-state index >= 15 is 0 Å². The molecule has 0 atom stereocenters. The van der Waals surface area contributed by atoms with Crippen molar-refractivity contribution in [3.05, 3.63) is 194 Å². The molecule has 8 aromatic rings. The van der Waals surface area contributed by atoms with Gasteiger partial charge in [-0.05, 0) is 137 Å². The Kier molecular flexibility index (Phi) is 19.0. The molecular formula is C50H36Na2O14S4. The Bertz CT molecular complexity index is 3520. The molecule has 0 radical (unpaired) electrons. The van der Waals surface area contributed by atoms with Gasteiger partial charge < -0.3 is 23.5 Å². The number of hydrogen-bond acceptors (Lipinski definition) is 14. The maximum absolute atomic E-state index is 13.6. The van der Waals surface area contributed by atoms with Crippen LogP contribution in [0.2, 0.25) is 0 Å². The summed E-state index contributed by atoms with van der Waals surface area (Å²) in [4.78, 5) is -1.08. The van der Waals surface area contributed by atoms with Gasteiger partial charge >= 0.3 is 69.7 Å². The van der Waals surface area contributed by atoms with E-state index in [2.05, 4.69) is 6.07 Å². The molecule has 0 N–H and O–H groups in total. The van der Waals surface area contributed by atoms with E-state index < -0.39 is 50.2 Å². The van der Waals surface area contributed by atoms with E-state index in [1.165, 1.54) is 36.4 Å². The summed E-state index contributed by atoms with van der Waals surface area (Å²) in [6, 6.07) is 51.4. The second kappa shape index (κ2) is 24.0. The molecule has 0 aromatic heterocycles. The minimum absolute atomic E-state index is 0. The molecule has 0 aliphatic rings. The third-order valence-electron chi connectivity index (χ3n) is 10.0. The predicted molar refractivity (Wildman–Crippen MR) is 248 cm³/mol. The van der Waals surface area contributed by atoms with Crippen molar-refractivity contribution >= 4 is 40.4 Å². The van der Waals surface area contributed by atoms with Crippen molar-refractivity contribution in [3.8, 4) is 62.5 Å². The van der Waals surface area contributed by atoms with E-state index in [-0.39, 0.29) is 91.0 Å². The van der Waals surface area contributed by atoms with Gasteiger partial charge in [-0.15, -0.1) is 24.8 Å². The summed E-state index contributed by atoms with van der Waals surface area (Å²) in [5, 5.41) is 0. The van der Waals surface area contributed by atoms with Crippen LogP contribution in [0.1, 0.15) is 5.56 Å². The molecule has 0 unspecified atom stereocenters. The summed E-state index contributed by atoms with van der Waals surface area (Å²) in [7, 11) is -14.7. The summed E-state index contributed by atoms with van der Waals surface area (Å²) in [5.41, 5.74) is 4.50. The molecule has 0 fully saturated rings. The van der Waals surface area contributed by atoms with Gasteiger partial charge in [0.1, 0.15) is 44.6 Å². The van der Waals surface area contributed by atoms with Crippen molar-refractivity contribution in [1.82, 2.24) is 0 Å². The zero-order valence-corrected chi connectivity index (χ0v) is 44.9. The number of rotatable bonds is 14. The van der Waals surface area contributed by atoms with Gasteiger partial charge in [0.2, 0.25) is 9.84 Å². The molecule has 0 aliphatic carbocycles.